The number of hydrogen-bond donors (Lipinski definition) is 0. The lowest BCUT2D eigenvalue weighted by molar-refractivity contribution is -0.121. The van der Waals surface area contributed by atoms with E-state index in [1.54, 1.807) is 16.7 Å². The van der Waals surface area contributed by atoms with Crippen molar-refractivity contribution in [3.8, 4) is 0 Å². The molecule has 0 aliphatic carbocycles. The SMILES string of the molecule is CC(C)Sc1ccccc1N(C)C(=O)C(C)C. The molecule has 0 aliphatic rings. The second-order valence-electron chi connectivity index (χ2n) is 4.69. The van der Waals surface area contributed by atoms with Crippen LogP contribution in [0.1, 0.15) is 27.7 Å². The van der Waals surface area contributed by atoms with E-state index in [2.05, 4.69) is 19.9 Å². The molecular formula is C14H21NOS. The summed E-state index contributed by atoms with van der Waals surface area (Å²) in [5.41, 5.74) is 1.00. The topological polar surface area (TPSA) is 20.3 Å². The van der Waals surface area contributed by atoms with E-state index in [1.807, 2.05) is 39.1 Å². The monoisotopic (exact) mass is 251 g/mol. The van der Waals surface area contributed by atoms with Crippen LogP contribution in [0, 0.1) is 5.92 Å². The van der Waals surface area contributed by atoms with E-state index in [9.17, 15) is 4.79 Å². The molecule has 0 bridgehead atoms. The number of carbonyl (C=O) groups is 1. The van der Waals surface area contributed by atoms with E-state index < -0.39 is 0 Å². The van der Waals surface area contributed by atoms with E-state index in [-0.39, 0.29) is 11.8 Å². The Morgan fingerprint density at radius 3 is 2.29 bits per heavy atom. The van der Waals surface area contributed by atoms with Crippen LogP contribution < -0.4 is 4.90 Å². The Bertz CT molecular complexity index is 388. The number of anilines is 1. The molecule has 3 heteroatoms. The van der Waals surface area contributed by atoms with Crippen molar-refractivity contribution in [3.05, 3.63) is 24.3 Å². The van der Waals surface area contributed by atoms with Crippen molar-refractivity contribution >= 4 is 23.4 Å². The largest absolute Gasteiger partial charge is 0.314 e. The second kappa shape index (κ2) is 6.10. The normalized spacial score (nSPS) is 11.0. The van der Waals surface area contributed by atoms with Crippen LogP contribution in [0.3, 0.4) is 0 Å². The quantitative estimate of drug-likeness (QED) is 0.758. The lowest BCUT2D eigenvalue weighted by Crippen LogP contribution is -2.30. The van der Waals surface area contributed by atoms with Gasteiger partial charge in [0.25, 0.3) is 0 Å². The van der Waals surface area contributed by atoms with Crippen molar-refractivity contribution in [3.63, 3.8) is 0 Å². The first-order valence-corrected chi connectivity index (χ1v) is 6.84. The first-order valence-electron chi connectivity index (χ1n) is 5.96. The molecule has 0 heterocycles. The maximum atomic E-state index is 12.0. The Hall–Kier alpha value is -0.960. The smallest absolute Gasteiger partial charge is 0.229 e. The Kier molecular flexibility index (Phi) is 5.06. The van der Waals surface area contributed by atoms with Gasteiger partial charge in [-0.3, -0.25) is 4.79 Å². The van der Waals surface area contributed by atoms with E-state index >= 15 is 0 Å². The van der Waals surface area contributed by atoms with Crippen molar-refractivity contribution in [1.82, 2.24) is 0 Å². The van der Waals surface area contributed by atoms with E-state index in [0.717, 1.165) is 5.69 Å². The minimum absolute atomic E-state index is 0.0251. The zero-order valence-corrected chi connectivity index (χ0v) is 12.0. The number of rotatable bonds is 4. The van der Waals surface area contributed by atoms with Gasteiger partial charge in [0.2, 0.25) is 5.91 Å². The number of nitrogens with zero attached hydrogens (tertiary/aromatic N) is 1. The first-order chi connectivity index (χ1) is 7.93. The van der Waals surface area contributed by atoms with Crippen molar-refractivity contribution < 1.29 is 4.79 Å². The van der Waals surface area contributed by atoms with Crippen LogP contribution in [0.2, 0.25) is 0 Å². The maximum absolute atomic E-state index is 12.0. The highest BCUT2D eigenvalue weighted by Gasteiger charge is 2.17. The van der Waals surface area contributed by atoms with Crippen LogP contribution in [-0.2, 0) is 4.79 Å². The summed E-state index contributed by atoms with van der Waals surface area (Å²) in [6, 6.07) is 8.07. The van der Waals surface area contributed by atoms with Gasteiger partial charge >= 0.3 is 0 Å². The summed E-state index contributed by atoms with van der Waals surface area (Å²) < 4.78 is 0. The highest BCUT2D eigenvalue weighted by molar-refractivity contribution is 8.00. The molecule has 0 N–H and O–H groups in total. The van der Waals surface area contributed by atoms with Gasteiger partial charge in [0.05, 0.1) is 5.69 Å². The van der Waals surface area contributed by atoms with Gasteiger partial charge in [0.15, 0.2) is 0 Å². The zero-order valence-electron chi connectivity index (χ0n) is 11.2. The molecule has 0 atom stereocenters. The average molecular weight is 251 g/mol. The maximum Gasteiger partial charge on any atom is 0.229 e. The molecule has 0 spiro atoms. The molecular weight excluding hydrogens is 230 g/mol. The molecule has 94 valence electrons. The molecule has 0 saturated heterocycles. The molecule has 0 unspecified atom stereocenters. The average Bonchev–Trinajstić information content (AvgIpc) is 2.27. The van der Waals surface area contributed by atoms with Crippen LogP contribution >= 0.6 is 11.8 Å². The number of benzene rings is 1. The molecule has 0 aliphatic heterocycles. The van der Waals surface area contributed by atoms with E-state index in [1.165, 1.54) is 4.90 Å². The molecule has 1 amide bonds. The van der Waals surface area contributed by atoms with Crippen LogP contribution in [0.4, 0.5) is 5.69 Å². The molecule has 1 rings (SSSR count). The molecule has 0 aromatic heterocycles. The van der Waals surface area contributed by atoms with Gasteiger partial charge in [0, 0.05) is 23.1 Å². The van der Waals surface area contributed by atoms with E-state index in [0.29, 0.717) is 5.25 Å². The van der Waals surface area contributed by atoms with Gasteiger partial charge in [-0.25, -0.2) is 0 Å². The highest BCUT2D eigenvalue weighted by Crippen LogP contribution is 2.32. The fourth-order valence-electron chi connectivity index (χ4n) is 1.59. The van der Waals surface area contributed by atoms with Crippen LogP contribution in [0.15, 0.2) is 29.2 Å². The van der Waals surface area contributed by atoms with E-state index in [4.69, 9.17) is 0 Å². The summed E-state index contributed by atoms with van der Waals surface area (Å²) in [6.07, 6.45) is 0. The third-order valence-corrected chi connectivity index (χ3v) is 3.48. The fourth-order valence-corrected chi connectivity index (χ4v) is 2.58. The third kappa shape index (κ3) is 3.77. The molecule has 1 aromatic rings. The van der Waals surface area contributed by atoms with Crippen molar-refractivity contribution in [2.45, 2.75) is 37.8 Å². The summed E-state index contributed by atoms with van der Waals surface area (Å²) in [6.45, 7) is 8.17. The number of para-hydroxylation sites is 1. The number of carbonyl (C=O) groups excluding carboxylic acids is 1. The molecule has 1 aromatic carbocycles. The number of hydrogen-bond acceptors (Lipinski definition) is 2. The minimum atomic E-state index is 0.0251. The molecule has 0 saturated carbocycles. The Balaban J connectivity index is 3.00. The fraction of sp³-hybridized carbons (Fsp3) is 0.500. The Morgan fingerprint density at radius 1 is 1.18 bits per heavy atom. The lowest BCUT2D eigenvalue weighted by atomic mass is 10.2. The van der Waals surface area contributed by atoms with Gasteiger partial charge in [-0.1, -0.05) is 39.8 Å². The van der Waals surface area contributed by atoms with Crippen LogP contribution in [-0.4, -0.2) is 18.2 Å². The third-order valence-electron chi connectivity index (χ3n) is 2.41. The van der Waals surface area contributed by atoms with Gasteiger partial charge in [0.1, 0.15) is 0 Å². The standard InChI is InChI=1S/C14H21NOS/c1-10(2)14(16)15(5)12-8-6-7-9-13(12)17-11(3)4/h6-11H,1-5H3. The van der Waals surface area contributed by atoms with Gasteiger partial charge in [-0.05, 0) is 12.1 Å². The predicted molar refractivity (Wildman–Crippen MR) is 75.7 cm³/mol. The van der Waals surface area contributed by atoms with Gasteiger partial charge < -0.3 is 4.90 Å². The lowest BCUT2D eigenvalue weighted by Gasteiger charge is -2.22. The zero-order chi connectivity index (χ0) is 13.0. The molecule has 0 radical (unpaired) electrons. The van der Waals surface area contributed by atoms with Crippen LogP contribution in [0.5, 0.6) is 0 Å². The van der Waals surface area contributed by atoms with Gasteiger partial charge in [-0.2, -0.15) is 0 Å². The highest BCUT2D eigenvalue weighted by atomic mass is 32.2. The summed E-state index contributed by atoms with van der Waals surface area (Å²) in [4.78, 5) is 14.9. The van der Waals surface area contributed by atoms with Crippen molar-refractivity contribution in [2.24, 2.45) is 5.92 Å². The summed E-state index contributed by atoms with van der Waals surface area (Å²) in [5.74, 6) is 0.180. The molecule has 17 heavy (non-hydrogen) atoms. The minimum Gasteiger partial charge on any atom is -0.314 e. The summed E-state index contributed by atoms with van der Waals surface area (Å²) in [7, 11) is 1.85. The molecule has 2 nitrogen and oxygen atoms in total. The van der Waals surface area contributed by atoms with Crippen molar-refractivity contribution in [2.75, 3.05) is 11.9 Å². The van der Waals surface area contributed by atoms with Crippen molar-refractivity contribution in [1.29, 1.82) is 0 Å². The predicted octanol–water partition coefficient (Wildman–Crippen LogP) is 3.81. The summed E-state index contributed by atoms with van der Waals surface area (Å²) in [5, 5.41) is 0.513. The Morgan fingerprint density at radius 2 is 1.76 bits per heavy atom. The summed E-state index contributed by atoms with van der Waals surface area (Å²) >= 11 is 1.79. The van der Waals surface area contributed by atoms with Crippen LogP contribution in [0.25, 0.3) is 0 Å². The first kappa shape index (κ1) is 14.1. The second-order valence-corrected chi connectivity index (χ2v) is 6.30. The molecule has 0 fully saturated rings. The number of thioether (sulfide) groups is 1. The number of amides is 1. The van der Waals surface area contributed by atoms with Gasteiger partial charge in [-0.15, -0.1) is 11.8 Å². The Labute approximate surface area is 108 Å².